The van der Waals surface area contributed by atoms with Crippen LogP contribution in [0, 0.1) is 11.6 Å². The van der Waals surface area contributed by atoms with Gasteiger partial charge >= 0.3 is 6.18 Å². The molecule has 0 fully saturated rings. The monoisotopic (exact) mass is 464 g/mol. The van der Waals surface area contributed by atoms with E-state index >= 15 is 0 Å². The topological polar surface area (TPSA) is 76.4 Å². The van der Waals surface area contributed by atoms with Gasteiger partial charge < -0.3 is 15.4 Å². The molecule has 2 heterocycles. The van der Waals surface area contributed by atoms with Crippen molar-refractivity contribution in [3.63, 3.8) is 0 Å². The summed E-state index contributed by atoms with van der Waals surface area (Å²) in [6, 6.07) is -0.231. The minimum Gasteiger partial charge on any atom is -0.493 e. The summed E-state index contributed by atoms with van der Waals surface area (Å²) >= 11 is 6.11. The summed E-state index contributed by atoms with van der Waals surface area (Å²) in [5.41, 5.74) is -1.10. The van der Waals surface area contributed by atoms with Crippen molar-refractivity contribution < 1.29 is 26.7 Å². The van der Waals surface area contributed by atoms with Crippen molar-refractivity contribution in [1.82, 2.24) is 24.9 Å². The van der Waals surface area contributed by atoms with Crippen molar-refractivity contribution in [3.05, 3.63) is 35.2 Å². The van der Waals surface area contributed by atoms with Gasteiger partial charge in [0.2, 0.25) is 0 Å². The maximum absolute atomic E-state index is 14.9. The molecule has 1 atom stereocenters. The van der Waals surface area contributed by atoms with Gasteiger partial charge in [-0.05, 0) is 26.9 Å². The Kier molecular flexibility index (Phi) is 6.80. The van der Waals surface area contributed by atoms with Crippen molar-refractivity contribution in [2.24, 2.45) is 0 Å². The van der Waals surface area contributed by atoms with Crippen LogP contribution in [-0.2, 0) is 0 Å². The van der Waals surface area contributed by atoms with E-state index in [0.717, 1.165) is 29.9 Å². The standard InChI is InChI=1S/C18H18ClF5N6O/c1-9(18(22,23)24)28-16-14(15(19)29-17-26-8-27-30(16)17)13-11(20)6-10(7-12(13)21)31-5-3-4-25-2/h6-9,25,28H,3-5H2,1-2H3. The molecule has 0 amide bonds. The van der Waals surface area contributed by atoms with Crippen molar-refractivity contribution in [1.29, 1.82) is 0 Å². The largest absolute Gasteiger partial charge is 0.493 e. The second-order valence-electron chi connectivity index (χ2n) is 6.57. The molecule has 3 aromatic rings. The highest BCUT2D eigenvalue weighted by molar-refractivity contribution is 6.33. The average molecular weight is 465 g/mol. The van der Waals surface area contributed by atoms with Gasteiger partial charge in [0.15, 0.2) is 0 Å². The number of rotatable bonds is 8. The summed E-state index contributed by atoms with van der Waals surface area (Å²) in [5, 5.41) is 8.43. The van der Waals surface area contributed by atoms with Crippen LogP contribution < -0.4 is 15.4 Å². The van der Waals surface area contributed by atoms with E-state index < -0.39 is 46.0 Å². The molecule has 13 heteroatoms. The third kappa shape index (κ3) is 4.96. The Morgan fingerprint density at radius 3 is 2.48 bits per heavy atom. The Bertz CT molecular complexity index is 1050. The van der Waals surface area contributed by atoms with Crippen molar-refractivity contribution >= 4 is 23.2 Å². The molecule has 0 saturated heterocycles. The van der Waals surface area contributed by atoms with E-state index in [1.165, 1.54) is 0 Å². The SMILES string of the molecule is CNCCCOc1cc(F)c(-c2c(Cl)nc3ncnn3c2NC(C)C(F)(F)F)c(F)c1. The van der Waals surface area contributed by atoms with Gasteiger partial charge in [0, 0.05) is 12.1 Å². The highest BCUT2D eigenvalue weighted by Crippen LogP contribution is 2.39. The van der Waals surface area contributed by atoms with E-state index in [0.29, 0.717) is 13.0 Å². The van der Waals surface area contributed by atoms with Gasteiger partial charge in [0.25, 0.3) is 5.78 Å². The van der Waals surface area contributed by atoms with E-state index in [1.54, 1.807) is 7.05 Å². The quantitative estimate of drug-likeness (QED) is 0.297. The molecule has 1 aromatic carbocycles. The Morgan fingerprint density at radius 1 is 1.19 bits per heavy atom. The molecule has 2 aromatic heterocycles. The molecule has 1 unspecified atom stereocenters. The Hall–Kier alpha value is -2.73. The maximum Gasteiger partial charge on any atom is 0.408 e. The number of ether oxygens (including phenoxy) is 1. The zero-order chi connectivity index (χ0) is 22.8. The lowest BCUT2D eigenvalue weighted by Gasteiger charge is -2.21. The maximum atomic E-state index is 14.9. The first-order valence-corrected chi connectivity index (χ1v) is 9.50. The molecule has 31 heavy (non-hydrogen) atoms. The third-order valence-corrected chi connectivity index (χ3v) is 4.61. The molecule has 7 nitrogen and oxygen atoms in total. The fourth-order valence-corrected chi connectivity index (χ4v) is 3.03. The zero-order valence-electron chi connectivity index (χ0n) is 16.4. The summed E-state index contributed by atoms with van der Waals surface area (Å²) in [7, 11) is 1.75. The van der Waals surface area contributed by atoms with Gasteiger partial charge in [-0.2, -0.15) is 32.8 Å². The van der Waals surface area contributed by atoms with Crippen LogP contribution in [0.25, 0.3) is 16.9 Å². The summed E-state index contributed by atoms with van der Waals surface area (Å²) in [5.74, 6) is -2.79. The number of hydrogen-bond acceptors (Lipinski definition) is 6. The number of hydrogen-bond donors (Lipinski definition) is 2. The highest BCUT2D eigenvalue weighted by Gasteiger charge is 2.37. The number of nitrogens with zero attached hydrogens (tertiary/aromatic N) is 4. The first-order chi connectivity index (χ1) is 14.6. The molecule has 0 saturated carbocycles. The number of aromatic nitrogens is 4. The first-order valence-electron chi connectivity index (χ1n) is 9.12. The third-order valence-electron chi connectivity index (χ3n) is 4.33. The first kappa shape index (κ1) is 22.9. The van der Waals surface area contributed by atoms with E-state index in [9.17, 15) is 22.0 Å². The number of fused-ring (bicyclic) bond motifs is 1. The highest BCUT2D eigenvalue weighted by atomic mass is 35.5. The lowest BCUT2D eigenvalue weighted by atomic mass is 10.1. The van der Waals surface area contributed by atoms with E-state index in [1.807, 2.05) is 0 Å². The average Bonchev–Trinajstić information content (AvgIpc) is 3.14. The fraction of sp³-hybridized carbons (Fsp3) is 0.389. The molecule has 168 valence electrons. The predicted octanol–water partition coefficient (Wildman–Crippen LogP) is 4.07. The summed E-state index contributed by atoms with van der Waals surface area (Å²) in [4.78, 5) is 7.65. The van der Waals surface area contributed by atoms with E-state index in [2.05, 4.69) is 25.7 Å². The molecule has 0 radical (unpaired) electrons. The number of anilines is 1. The van der Waals surface area contributed by atoms with Crippen LogP contribution in [0.2, 0.25) is 5.15 Å². The van der Waals surface area contributed by atoms with Gasteiger partial charge in [-0.25, -0.2) is 8.78 Å². The molecule has 0 aliphatic heterocycles. The molecule has 0 spiro atoms. The summed E-state index contributed by atoms with van der Waals surface area (Å²) in [6.45, 7) is 1.70. The predicted molar refractivity (Wildman–Crippen MR) is 104 cm³/mol. The van der Waals surface area contributed by atoms with Crippen molar-refractivity contribution in [2.75, 3.05) is 25.5 Å². The van der Waals surface area contributed by atoms with Crippen molar-refractivity contribution in [2.45, 2.75) is 25.6 Å². The lowest BCUT2D eigenvalue weighted by molar-refractivity contribution is -0.138. The minimum absolute atomic E-state index is 0.0704. The van der Waals surface area contributed by atoms with Crippen LogP contribution >= 0.6 is 11.6 Å². The number of nitrogens with one attached hydrogen (secondary N) is 2. The van der Waals surface area contributed by atoms with Gasteiger partial charge in [-0.1, -0.05) is 11.6 Å². The second-order valence-corrected chi connectivity index (χ2v) is 6.93. The molecular weight excluding hydrogens is 447 g/mol. The lowest BCUT2D eigenvalue weighted by Crippen LogP contribution is -2.34. The minimum atomic E-state index is -4.65. The summed E-state index contributed by atoms with van der Waals surface area (Å²) in [6.07, 6.45) is -3.02. The number of halogens is 6. The molecule has 2 N–H and O–H groups in total. The molecule has 0 aliphatic carbocycles. The summed E-state index contributed by atoms with van der Waals surface area (Å²) < 4.78 is 75.5. The van der Waals surface area contributed by atoms with Gasteiger partial charge in [0.05, 0.1) is 17.7 Å². The molecule has 3 rings (SSSR count). The second kappa shape index (κ2) is 9.18. The van der Waals surface area contributed by atoms with Crippen LogP contribution in [0.1, 0.15) is 13.3 Å². The molecule has 0 bridgehead atoms. The van der Waals surface area contributed by atoms with Gasteiger partial charge in [-0.15, -0.1) is 0 Å². The van der Waals surface area contributed by atoms with E-state index in [4.69, 9.17) is 16.3 Å². The van der Waals surface area contributed by atoms with Crippen LogP contribution in [-0.4, -0.2) is 52.0 Å². The smallest absolute Gasteiger partial charge is 0.408 e. The molecule has 0 aliphatic rings. The van der Waals surface area contributed by atoms with Gasteiger partial charge in [0.1, 0.15) is 40.7 Å². The fourth-order valence-electron chi connectivity index (χ4n) is 2.77. The van der Waals surface area contributed by atoms with Crippen LogP contribution in [0.15, 0.2) is 18.5 Å². The Morgan fingerprint density at radius 2 is 1.87 bits per heavy atom. The van der Waals surface area contributed by atoms with E-state index in [-0.39, 0.29) is 18.1 Å². The Balaban J connectivity index is 2.09. The van der Waals surface area contributed by atoms with Crippen molar-refractivity contribution in [3.8, 4) is 16.9 Å². The Labute approximate surface area is 178 Å². The van der Waals surface area contributed by atoms with Gasteiger partial charge in [-0.3, -0.25) is 0 Å². The van der Waals surface area contributed by atoms with Crippen LogP contribution in [0.3, 0.4) is 0 Å². The van der Waals surface area contributed by atoms with Crippen LogP contribution in [0.5, 0.6) is 5.75 Å². The van der Waals surface area contributed by atoms with Crippen LogP contribution in [0.4, 0.5) is 27.8 Å². The molecular formula is C18H18ClF5N6O. The number of benzene rings is 1. The number of alkyl halides is 3. The zero-order valence-corrected chi connectivity index (χ0v) is 17.2. The normalized spacial score (nSPS) is 12.9.